The Morgan fingerprint density at radius 3 is 2.89 bits per heavy atom. The number of hydrogen-bond donors (Lipinski definition) is 2. The van der Waals surface area contributed by atoms with Crippen LogP contribution in [0.5, 0.6) is 0 Å². The predicted molar refractivity (Wildman–Crippen MR) is 66.5 cm³/mol. The van der Waals surface area contributed by atoms with Crippen LogP contribution in [0.2, 0.25) is 0 Å². The van der Waals surface area contributed by atoms with Crippen molar-refractivity contribution in [1.29, 1.82) is 0 Å². The Morgan fingerprint density at radius 2 is 2.28 bits per heavy atom. The molecule has 3 N–H and O–H groups in total. The molecule has 0 fully saturated rings. The molecule has 1 aromatic heterocycles. The third-order valence-corrected chi connectivity index (χ3v) is 2.49. The molecule has 0 spiro atoms. The maximum Gasteiger partial charge on any atom is 0.261 e. The fourth-order valence-corrected chi connectivity index (χ4v) is 1.71. The van der Waals surface area contributed by atoms with Crippen molar-refractivity contribution >= 4 is 5.82 Å². The molecule has 0 amide bonds. The van der Waals surface area contributed by atoms with Crippen LogP contribution in [0.25, 0.3) is 0 Å². The molecule has 0 bridgehead atoms. The minimum absolute atomic E-state index is 0.0265. The van der Waals surface area contributed by atoms with Gasteiger partial charge < -0.3 is 15.8 Å². The van der Waals surface area contributed by atoms with Gasteiger partial charge in [0.1, 0.15) is 12.4 Å². The monoisotopic (exact) mass is 259 g/mol. The number of rotatable bonds is 8. The zero-order valence-corrected chi connectivity index (χ0v) is 10.4. The average Bonchev–Trinajstić information content (AvgIpc) is 2.34. The van der Waals surface area contributed by atoms with Crippen LogP contribution in [0.3, 0.4) is 0 Å². The lowest BCUT2D eigenvalue weighted by Gasteiger charge is -2.19. The standard InChI is InChI=1S/C12H19F2N3O/c1-2-16-10(5-7-18-8-11(13)14)9-4-3-6-17-12(9)15/h3-4,6,10-11,16H,2,5,7-8H2,1H3,(H2,15,17). The maximum absolute atomic E-state index is 11.9. The highest BCUT2D eigenvalue weighted by Gasteiger charge is 2.14. The molecule has 0 aromatic carbocycles. The second-order valence-electron chi connectivity index (χ2n) is 3.84. The van der Waals surface area contributed by atoms with Crippen molar-refractivity contribution < 1.29 is 13.5 Å². The number of hydrogen-bond acceptors (Lipinski definition) is 4. The Kier molecular flexibility index (Phi) is 6.53. The van der Waals surface area contributed by atoms with Crippen LogP contribution in [0, 0.1) is 0 Å². The van der Waals surface area contributed by atoms with Crippen molar-refractivity contribution in [1.82, 2.24) is 10.3 Å². The molecule has 0 aliphatic rings. The first-order valence-electron chi connectivity index (χ1n) is 5.94. The fourth-order valence-electron chi connectivity index (χ4n) is 1.71. The Bertz CT molecular complexity index is 350. The molecule has 1 unspecified atom stereocenters. The highest BCUT2D eigenvalue weighted by Crippen LogP contribution is 2.21. The molecular weight excluding hydrogens is 240 g/mol. The number of nitrogens with zero attached hydrogens (tertiary/aromatic N) is 1. The van der Waals surface area contributed by atoms with Crippen LogP contribution in [-0.4, -0.2) is 31.2 Å². The Labute approximate surface area is 106 Å². The number of anilines is 1. The normalized spacial score (nSPS) is 12.9. The maximum atomic E-state index is 11.9. The van der Waals surface area contributed by atoms with Gasteiger partial charge in [0.05, 0.1) is 0 Å². The molecule has 4 nitrogen and oxygen atoms in total. The number of halogens is 2. The summed E-state index contributed by atoms with van der Waals surface area (Å²) in [5, 5.41) is 3.24. The first kappa shape index (κ1) is 14.8. The van der Waals surface area contributed by atoms with E-state index < -0.39 is 13.0 Å². The Hall–Kier alpha value is -1.27. The third kappa shape index (κ3) is 4.93. The largest absolute Gasteiger partial charge is 0.383 e. The van der Waals surface area contributed by atoms with Gasteiger partial charge in [-0.3, -0.25) is 0 Å². The summed E-state index contributed by atoms with van der Waals surface area (Å²) in [6.07, 6.45) is -0.225. The van der Waals surface area contributed by atoms with Crippen molar-refractivity contribution in [2.75, 3.05) is 25.5 Å². The number of aromatic nitrogens is 1. The molecule has 18 heavy (non-hydrogen) atoms. The highest BCUT2D eigenvalue weighted by molar-refractivity contribution is 5.40. The summed E-state index contributed by atoms with van der Waals surface area (Å²) in [7, 11) is 0. The van der Waals surface area contributed by atoms with E-state index in [1.165, 1.54) is 0 Å². The zero-order chi connectivity index (χ0) is 13.4. The summed E-state index contributed by atoms with van der Waals surface area (Å²) in [6, 6.07) is 3.65. The van der Waals surface area contributed by atoms with E-state index in [9.17, 15) is 8.78 Å². The number of nitrogens with two attached hydrogens (primary N) is 1. The first-order chi connectivity index (χ1) is 8.65. The topological polar surface area (TPSA) is 60.2 Å². The predicted octanol–water partition coefficient (Wildman–Crippen LogP) is 1.99. The van der Waals surface area contributed by atoms with Crippen LogP contribution in [0.15, 0.2) is 18.3 Å². The molecular formula is C12H19F2N3O. The van der Waals surface area contributed by atoms with Crippen molar-refractivity contribution in [3.8, 4) is 0 Å². The van der Waals surface area contributed by atoms with Gasteiger partial charge in [-0.15, -0.1) is 0 Å². The van der Waals surface area contributed by atoms with E-state index in [1.54, 1.807) is 12.3 Å². The number of nitrogen functional groups attached to an aromatic ring is 1. The van der Waals surface area contributed by atoms with Gasteiger partial charge in [-0.1, -0.05) is 13.0 Å². The van der Waals surface area contributed by atoms with E-state index in [2.05, 4.69) is 10.3 Å². The van der Waals surface area contributed by atoms with E-state index in [4.69, 9.17) is 10.5 Å². The molecule has 6 heteroatoms. The lowest BCUT2D eigenvalue weighted by Crippen LogP contribution is -2.24. The van der Waals surface area contributed by atoms with Crippen molar-refractivity contribution in [3.63, 3.8) is 0 Å². The molecule has 1 aromatic rings. The van der Waals surface area contributed by atoms with Crippen LogP contribution in [-0.2, 0) is 4.74 Å². The van der Waals surface area contributed by atoms with E-state index in [0.29, 0.717) is 12.2 Å². The van der Waals surface area contributed by atoms with Gasteiger partial charge in [-0.2, -0.15) is 0 Å². The lowest BCUT2D eigenvalue weighted by molar-refractivity contribution is 0.0144. The van der Waals surface area contributed by atoms with Crippen LogP contribution >= 0.6 is 0 Å². The Balaban J connectivity index is 2.52. The summed E-state index contributed by atoms with van der Waals surface area (Å²) < 4.78 is 28.7. The van der Waals surface area contributed by atoms with Gasteiger partial charge in [0.15, 0.2) is 0 Å². The summed E-state index contributed by atoms with van der Waals surface area (Å²) in [5.74, 6) is 0.456. The molecule has 0 saturated heterocycles. The van der Waals surface area contributed by atoms with Gasteiger partial charge in [-0.05, 0) is 19.0 Å². The van der Waals surface area contributed by atoms with Gasteiger partial charge in [-0.25, -0.2) is 13.8 Å². The summed E-state index contributed by atoms with van der Waals surface area (Å²) >= 11 is 0. The quantitative estimate of drug-likeness (QED) is 0.701. The number of ether oxygens (including phenoxy) is 1. The zero-order valence-electron chi connectivity index (χ0n) is 10.4. The van der Waals surface area contributed by atoms with E-state index in [1.807, 2.05) is 13.0 Å². The average molecular weight is 259 g/mol. The molecule has 0 radical (unpaired) electrons. The number of pyridine rings is 1. The molecule has 1 heterocycles. The van der Waals surface area contributed by atoms with Crippen molar-refractivity contribution in [2.24, 2.45) is 0 Å². The molecule has 1 atom stereocenters. The van der Waals surface area contributed by atoms with Crippen LogP contribution in [0.4, 0.5) is 14.6 Å². The summed E-state index contributed by atoms with van der Waals surface area (Å²) in [6.45, 7) is 2.46. The van der Waals surface area contributed by atoms with Crippen molar-refractivity contribution in [3.05, 3.63) is 23.9 Å². The summed E-state index contributed by atoms with van der Waals surface area (Å²) in [5.41, 5.74) is 6.67. The number of nitrogens with one attached hydrogen (secondary N) is 1. The van der Waals surface area contributed by atoms with Gasteiger partial charge >= 0.3 is 0 Å². The fraction of sp³-hybridized carbons (Fsp3) is 0.583. The smallest absolute Gasteiger partial charge is 0.261 e. The summed E-state index contributed by atoms with van der Waals surface area (Å²) in [4.78, 5) is 4.02. The Morgan fingerprint density at radius 1 is 1.50 bits per heavy atom. The molecule has 0 saturated carbocycles. The van der Waals surface area contributed by atoms with Crippen molar-refractivity contribution in [2.45, 2.75) is 25.8 Å². The highest BCUT2D eigenvalue weighted by atomic mass is 19.3. The molecule has 102 valence electrons. The third-order valence-electron chi connectivity index (χ3n) is 2.49. The second kappa shape index (κ2) is 7.94. The van der Waals surface area contributed by atoms with Crippen LogP contribution < -0.4 is 11.1 Å². The van der Waals surface area contributed by atoms with Gasteiger partial charge in [0.25, 0.3) is 6.43 Å². The van der Waals surface area contributed by atoms with Crippen LogP contribution in [0.1, 0.15) is 24.9 Å². The molecule has 0 aliphatic carbocycles. The van der Waals surface area contributed by atoms with E-state index >= 15 is 0 Å². The SMILES string of the molecule is CCNC(CCOCC(F)F)c1cccnc1N. The first-order valence-corrected chi connectivity index (χ1v) is 5.94. The van der Waals surface area contributed by atoms with Gasteiger partial charge in [0.2, 0.25) is 0 Å². The van der Waals surface area contributed by atoms with Gasteiger partial charge in [0, 0.05) is 24.4 Å². The van der Waals surface area contributed by atoms with E-state index in [-0.39, 0.29) is 12.6 Å². The lowest BCUT2D eigenvalue weighted by atomic mass is 10.1. The molecule has 1 rings (SSSR count). The molecule has 0 aliphatic heterocycles. The number of alkyl halides is 2. The minimum Gasteiger partial charge on any atom is -0.383 e. The van der Waals surface area contributed by atoms with E-state index in [0.717, 1.165) is 12.1 Å². The minimum atomic E-state index is -2.42. The second-order valence-corrected chi connectivity index (χ2v) is 3.84.